The topological polar surface area (TPSA) is 16.1 Å². The summed E-state index contributed by atoms with van der Waals surface area (Å²) in [5, 5.41) is 0. The number of hydrogen-bond donors (Lipinski definition) is 0. The maximum atomic E-state index is 5.04. The van der Waals surface area contributed by atoms with Gasteiger partial charge in [0.2, 0.25) is 0 Å². The highest BCUT2D eigenvalue weighted by Crippen LogP contribution is 2.66. The standard InChI is InChI=1S/C36H30N2/c1-22(2)23-18-19-28-32(21-23)38-33-29(35(3,4)31-17-10-20-37-34(31)38)15-9-16-30(33)36(28)26-13-7-5-11-24(26)25-12-6-8-14-27(25)36/h5-22H,1-4H3. The lowest BCUT2D eigenvalue weighted by Gasteiger charge is -2.50. The van der Waals surface area contributed by atoms with Crippen LogP contribution < -0.4 is 4.90 Å². The molecule has 1 aromatic heterocycles. The molecular formula is C36H30N2. The first kappa shape index (κ1) is 21.9. The molecule has 1 aliphatic carbocycles. The van der Waals surface area contributed by atoms with E-state index in [0.29, 0.717) is 5.92 Å². The second-order valence-electron chi connectivity index (χ2n) is 11.8. The smallest absolute Gasteiger partial charge is 0.141 e. The zero-order valence-corrected chi connectivity index (χ0v) is 22.3. The number of para-hydroxylation sites is 1. The van der Waals surface area contributed by atoms with Crippen molar-refractivity contribution in [2.45, 2.75) is 44.4 Å². The summed E-state index contributed by atoms with van der Waals surface area (Å²) < 4.78 is 0. The normalized spacial score (nSPS) is 16.5. The molecule has 3 aliphatic rings. The lowest BCUT2D eigenvalue weighted by Crippen LogP contribution is -2.41. The van der Waals surface area contributed by atoms with Crippen molar-refractivity contribution in [1.82, 2.24) is 4.98 Å². The first-order valence-electron chi connectivity index (χ1n) is 13.7. The van der Waals surface area contributed by atoms with Gasteiger partial charge >= 0.3 is 0 Å². The molecule has 0 saturated heterocycles. The van der Waals surface area contributed by atoms with Crippen LogP contribution in [0.15, 0.2) is 103 Å². The summed E-state index contributed by atoms with van der Waals surface area (Å²) in [5.41, 5.74) is 14.1. The van der Waals surface area contributed by atoms with Gasteiger partial charge in [-0.05, 0) is 62.6 Å². The van der Waals surface area contributed by atoms with Crippen LogP contribution in [0.3, 0.4) is 0 Å². The Labute approximate surface area is 224 Å². The van der Waals surface area contributed by atoms with Gasteiger partial charge in [-0.3, -0.25) is 4.90 Å². The van der Waals surface area contributed by atoms with Crippen molar-refractivity contribution >= 4 is 17.2 Å². The van der Waals surface area contributed by atoms with Crippen LogP contribution in [0.25, 0.3) is 11.1 Å². The van der Waals surface area contributed by atoms with E-state index in [1.54, 1.807) is 0 Å². The van der Waals surface area contributed by atoms with Crippen LogP contribution in [-0.2, 0) is 10.8 Å². The van der Waals surface area contributed by atoms with Crippen molar-refractivity contribution in [1.29, 1.82) is 0 Å². The van der Waals surface area contributed by atoms with Crippen LogP contribution in [0.4, 0.5) is 17.2 Å². The van der Waals surface area contributed by atoms with E-state index < -0.39 is 0 Å². The molecule has 0 atom stereocenters. The van der Waals surface area contributed by atoms with E-state index in [0.717, 1.165) is 5.82 Å². The molecule has 8 rings (SSSR count). The Morgan fingerprint density at radius 3 is 1.97 bits per heavy atom. The van der Waals surface area contributed by atoms with Gasteiger partial charge in [0.25, 0.3) is 0 Å². The number of nitrogens with zero attached hydrogens (tertiary/aromatic N) is 2. The number of benzene rings is 4. The van der Waals surface area contributed by atoms with Crippen molar-refractivity contribution in [2.75, 3.05) is 4.90 Å². The predicted molar refractivity (Wildman–Crippen MR) is 156 cm³/mol. The van der Waals surface area contributed by atoms with E-state index >= 15 is 0 Å². The molecule has 3 heterocycles. The third-order valence-electron chi connectivity index (χ3n) is 9.29. The Hall–Kier alpha value is -4.17. The van der Waals surface area contributed by atoms with E-state index in [1.807, 2.05) is 6.20 Å². The number of rotatable bonds is 1. The maximum absolute atomic E-state index is 5.04. The fourth-order valence-corrected chi connectivity index (χ4v) is 7.51. The van der Waals surface area contributed by atoms with Crippen molar-refractivity contribution in [3.63, 3.8) is 0 Å². The molecule has 2 aliphatic heterocycles. The second kappa shape index (κ2) is 7.23. The summed E-state index contributed by atoms with van der Waals surface area (Å²) in [6, 6.07) is 36.6. The highest BCUT2D eigenvalue weighted by Gasteiger charge is 2.54. The summed E-state index contributed by atoms with van der Waals surface area (Å²) in [4.78, 5) is 7.52. The monoisotopic (exact) mass is 490 g/mol. The van der Waals surface area contributed by atoms with Crippen LogP contribution in [0.5, 0.6) is 0 Å². The van der Waals surface area contributed by atoms with Crippen molar-refractivity contribution in [3.8, 4) is 11.1 Å². The predicted octanol–water partition coefficient (Wildman–Crippen LogP) is 8.99. The SMILES string of the molecule is CC(C)c1ccc2c(c1)N1c3ncccc3C(C)(C)c3cccc(c31)C21c2ccccc2-c2ccccc21. The lowest BCUT2D eigenvalue weighted by molar-refractivity contribution is 0.617. The average molecular weight is 491 g/mol. The number of fused-ring (bicyclic) bond motifs is 11. The minimum Gasteiger partial charge on any atom is -0.294 e. The fourth-order valence-electron chi connectivity index (χ4n) is 7.51. The van der Waals surface area contributed by atoms with E-state index in [1.165, 1.54) is 61.4 Å². The Bertz CT molecular complexity index is 1750. The molecule has 1 spiro atoms. The van der Waals surface area contributed by atoms with Crippen LogP contribution in [0.1, 0.15) is 72.6 Å². The van der Waals surface area contributed by atoms with Gasteiger partial charge in [0.1, 0.15) is 5.82 Å². The number of anilines is 3. The molecule has 0 fully saturated rings. The first-order chi connectivity index (χ1) is 18.5. The molecule has 0 amide bonds. The Balaban J connectivity index is 1.61. The van der Waals surface area contributed by atoms with Crippen LogP contribution in [-0.4, -0.2) is 4.98 Å². The van der Waals surface area contributed by atoms with Crippen molar-refractivity contribution < 1.29 is 0 Å². The third kappa shape index (κ3) is 2.42. The summed E-state index contributed by atoms with van der Waals surface area (Å²) >= 11 is 0. The van der Waals surface area contributed by atoms with E-state index in [-0.39, 0.29) is 10.8 Å². The molecule has 2 heteroatoms. The zero-order valence-electron chi connectivity index (χ0n) is 22.3. The van der Waals surface area contributed by atoms with Gasteiger partial charge in [0.05, 0.1) is 16.8 Å². The highest BCUT2D eigenvalue weighted by atomic mass is 15.2. The maximum Gasteiger partial charge on any atom is 0.141 e. The van der Waals surface area contributed by atoms with Crippen LogP contribution >= 0.6 is 0 Å². The molecule has 5 aromatic rings. The minimum absolute atomic E-state index is 0.169. The van der Waals surface area contributed by atoms with E-state index in [4.69, 9.17) is 4.98 Å². The van der Waals surface area contributed by atoms with E-state index in [2.05, 4.69) is 130 Å². The van der Waals surface area contributed by atoms with Crippen LogP contribution in [0, 0.1) is 0 Å². The van der Waals surface area contributed by atoms with Crippen molar-refractivity contribution in [3.05, 3.63) is 142 Å². The Morgan fingerprint density at radius 2 is 1.26 bits per heavy atom. The first-order valence-corrected chi connectivity index (χ1v) is 13.7. The molecule has 4 aromatic carbocycles. The fraction of sp³-hybridized carbons (Fsp3) is 0.194. The number of pyridine rings is 1. The summed E-state index contributed by atoms with van der Waals surface area (Å²) in [5.74, 6) is 1.48. The van der Waals surface area contributed by atoms with Gasteiger partial charge < -0.3 is 0 Å². The Kier molecular flexibility index (Phi) is 4.16. The van der Waals surface area contributed by atoms with Crippen LogP contribution in [0.2, 0.25) is 0 Å². The van der Waals surface area contributed by atoms with Gasteiger partial charge in [-0.2, -0.15) is 0 Å². The third-order valence-corrected chi connectivity index (χ3v) is 9.29. The molecule has 184 valence electrons. The molecule has 0 unspecified atom stereocenters. The Morgan fingerprint density at radius 1 is 0.632 bits per heavy atom. The quantitative estimate of drug-likeness (QED) is 0.228. The molecule has 38 heavy (non-hydrogen) atoms. The lowest BCUT2D eigenvalue weighted by atomic mass is 9.61. The van der Waals surface area contributed by atoms with Gasteiger partial charge in [0.15, 0.2) is 0 Å². The van der Waals surface area contributed by atoms with E-state index in [9.17, 15) is 0 Å². The zero-order chi connectivity index (χ0) is 25.8. The second-order valence-corrected chi connectivity index (χ2v) is 11.8. The van der Waals surface area contributed by atoms with Gasteiger partial charge in [-0.15, -0.1) is 0 Å². The number of hydrogen-bond acceptors (Lipinski definition) is 2. The molecule has 0 saturated carbocycles. The van der Waals surface area contributed by atoms with Gasteiger partial charge in [0, 0.05) is 17.2 Å². The summed E-state index contributed by atoms with van der Waals surface area (Å²) in [6.45, 7) is 9.27. The molecule has 0 N–H and O–H groups in total. The van der Waals surface area contributed by atoms with Gasteiger partial charge in [-0.25, -0.2) is 4.98 Å². The molecule has 2 nitrogen and oxygen atoms in total. The highest BCUT2D eigenvalue weighted by molar-refractivity contribution is 5.98. The molecular weight excluding hydrogens is 460 g/mol. The summed E-state index contributed by atoms with van der Waals surface area (Å²) in [7, 11) is 0. The van der Waals surface area contributed by atoms with Crippen molar-refractivity contribution in [2.24, 2.45) is 0 Å². The summed E-state index contributed by atoms with van der Waals surface area (Å²) in [6.07, 6.45) is 1.94. The minimum atomic E-state index is -0.387. The van der Waals surface area contributed by atoms with Gasteiger partial charge in [-0.1, -0.05) is 113 Å². The molecule has 0 radical (unpaired) electrons. The average Bonchev–Trinajstić information content (AvgIpc) is 3.23. The number of aromatic nitrogens is 1. The largest absolute Gasteiger partial charge is 0.294 e. The molecule has 0 bridgehead atoms.